The Labute approximate surface area is 205 Å². The highest BCUT2D eigenvalue weighted by molar-refractivity contribution is 7.13. The number of nitrogens with one attached hydrogen (secondary N) is 1. The molecule has 178 valence electrons. The lowest BCUT2D eigenvalue weighted by molar-refractivity contribution is -0.142. The molecule has 0 saturated carbocycles. The number of amides is 1. The second kappa shape index (κ2) is 8.82. The molecule has 1 aromatic carbocycles. The van der Waals surface area contributed by atoms with Crippen molar-refractivity contribution < 1.29 is 18.0 Å². The van der Waals surface area contributed by atoms with Crippen LogP contribution in [0.1, 0.15) is 27.3 Å². The van der Waals surface area contributed by atoms with Crippen LogP contribution in [-0.4, -0.2) is 30.3 Å². The average molecular weight is 517 g/mol. The Balaban J connectivity index is 1.45. The fourth-order valence-electron chi connectivity index (χ4n) is 3.47. The zero-order valence-corrected chi connectivity index (χ0v) is 19.6. The van der Waals surface area contributed by atoms with Gasteiger partial charge in [-0.05, 0) is 30.0 Å². The number of halogens is 4. The third kappa shape index (κ3) is 4.64. The van der Waals surface area contributed by atoms with Gasteiger partial charge >= 0.3 is 6.18 Å². The van der Waals surface area contributed by atoms with Crippen molar-refractivity contribution in [2.45, 2.75) is 19.6 Å². The first-order valence-electron chi connectivity index (χ1n) is 10.3. The number of benzene rings is 1. The van der Waals surface area contributed by atoms with Gasteiger partial charge < -0.3 is 5.32 Å². The van der Waals surface area contributed by atoms with E-state index in [-0.39, 0.29) is 22.1 Å². The van der Waals surface area contributed by atoms with Crippen molar-refractivity contribution in [1.82, 2.24) is 24.4 Å². The highest BCUT2D eigenvalue weighted by Gasteiger charge is 2.37. The van der Waals surface area contributed by atoms with E-state index in [1.54, 1.807) is 28.4 Å². The predicted octanol–water partition coefficient (Wildman–Crippen LogP) is 5.94. The van der Waals surface area contributed by atoms with Gasteiger partial charge in [0, 0.05) is 6.20 Å². The summed E-state index contributed by atoms with van der Waals surface area (Å²) in [5.41, 5.74) is 0.871. The summed E-state index contributed by atoms with van der Waals surface area (Å²) in [7, 11) is 0. The van der Waals surface area contributed by atoms with Gasteiger partial charge in [-0.15, -0.1) is 11.3 Å². The van der Waals surface area contributed by atoms with Crippen molar-refractivity contribution >= 4 is 40.2 Å². The summed E-state index contributed by atoms with van der Waals surface area (Å²) in [6.45, 7) is 2.47. The van der Waals surface area contributed by atoms with Crippen molar-refractivity contribution in [2.24, 2.45) is 0 Å². The molecule has 1 amide bonds. The summed E-state index contributed by atoms with van der Waals surface area (Å²) in [6.07, 6.45) is -1.70. The molecule has 0 aliphatic heterocycles. The Morgan fingerprint density at radius 1 is 1.20 bits per heavy atom. The SMILES string of the molecule is Cc1ccc(Cn2cc(NC(=O)c3nn4c(C(F)(F)F)cc(-c5cccs5)nc4c3Cl)cn2)cc1. The van der Waals surface area contributed by atoms with E-state index in [1.165, 1.54) is 17.5 Å². The number of thiophene rings is 1. The largest absolute Gasteiger partial charge is 0.433 e. The topological polar surface area (TPSA) is 77.1 Å². The number of aryl methyl sites for hydroxylation is 1. The quantitative estimate of drug-likeness (QED) is 0.314. The number of hydrogen-bond donors (Lipinski definition) is 1. The number of anilines is 1. The lowest BCUT2D eigenvalue weighted by Crippen LogP contribution is -2.15. The molecule has 5 aromatic rings. The maximum absolute atomic E-state index is 13.8. The summed E-state index contributed by atoms with van der Waals surface area (Å²) >= 11 is 7.54. The van der Waals surface area contributed by atoms with E-state index in [9.17, 15) is 18.0 Å². The third-order valence-corrected chi connectivity index (χ3v) is 6.41. The second-order valence-corrected chi connectivity index (χ2v) is 9.09. The van der Waals surface area contributed by atoms with Crippen LogP contribution in [0.2, 0.25) is 5.02 Å². The Morgan fingerprint density at radius 2 is 1.97 bits per heavy atom. The van der Waals surface area contributed by atoms with E-state index in [4.69, 9.17) is 11.6 Å². The van der Waals surface area contributed by atoms with Crippen LogP contribution in [0.5, 0.6) is 0 Å². The minimum atomic E-state index is -4.74. The van der Waals surface area contributed by atoms with E-state index in [0.717, 1.165) is 17.2 Å². The highest BCUT2D eigenvalue weighted by atomic mass is 35.5. The van der Waals surface area contributed by atoms with Crippen LogP contribution < -0.4 is 5.32 Å². The maximum atomic E-state index is 13.8. The highest BCUT2D eigenvalue weighted by Crippen LogP contribution is 2.35. The third-order valence-electron chi connectivity index (χ3n) is 5.17. The summed E-state index contributed by atoms with van der Waals surface area (Å²) in [5.74, 6) is -0.777. The summed E-state index contributed by atoms with van der Waals surface area (Å²) in [5, 5.41) is 12.1. The number of carbonyl (C=O) groups excluding carboxylic acids is 1. The molecule has 0 unspecified atom stereocenters. The molecular formula is C23H16ClF3N6OS. The number of nitrogens with zero attached hydrogens (tertiary/aromatic N) is 5. The number of rotatable bonds is 5. The minimum absolute atomic E-state index is 0.0889. The van der Waals surface area contributed by atoms with Crippen molar-refractivity contribution in [2.75, 3.05) is 5.32 Å². The number of hydrogen-bond acceptors (Lipinski definition) is 5. The first-order chi connectivity index (χ1) is 16.7. The molecule has 4 heterocycles. The molecule has 0 fully saturated rings. The van der Waals surface area contributed by atoms with Crippen LogP contribution in [0.3, 0.4) is 0 Å². The van der Waals surface area contributed by atoms with Crippen LogP contribution in [0.4, 0.5) is 18.9 Å². The Kier molecular flexibility index (Phi) is 5.81. The van der Waals surface area contributed by atoms with Crippen LogP contribution in [0.15, 0.2) is 60.2 Å². The molecule has 4 aromatic heterocycles. The molecule has 0 aliphatic carbocycles. The molecule has 35 heavy (non-hydrogen) atoms. The van der Waals surface area contributed by atoms with Gasteiger partial charge in [0.15, 0.2) is 17.0 Å². The number of alkyl halides is 3. The van der Waals surface area contributed by atoms with Crippen LogP contribution >= 0.6 is 22.9 Å². The molecule has 0 saturated heterocycles. The smallest absolute Gasteiger partial charge is 0.318 e. The van der Waals surface area contributed by atoms with Gasteiger partial charge in [0.25, 0.3) is 5.91 Å². The van der Waals surface area contributed by atoms with Gasteiger partial charge in [-0.1, -0.05) is 47.5 Å². The van der Waals surface area contributed by atoms with Crippen molar-refractivity contribution in [3.8, 4) is 10.6 Å². The first-order valence-corrected chi connectivity index (χ1v) is 11.5. The molecule has 0 aliphatic rings. The van der Waals surface area contributed by atoms with Gasteiger partial charge in [0.1, 0.15) is 5.02 Å². The lowest BCUT2D eigenvalue weighted by atomic mass is 10.1. The van der Waals surface area contributed by atoms with E-state index in [1.807, 2.05) is 31.2 Å². The molecule has 0 atom stereocenters. The summed E-state index contributed by atoms with van der Waals surface area (Å²) < 4.78 is 43.6. The molecule has 0 spiro atoms. The zero-order chi connectivity index (χ0) is 24.7. The first kappa shape index (κ1) is 23.1. The molecule has 0 bridgehead atoms. The molecule has 5 rings (SSSR count). The second-order valence-electron chi connectivity index (χ2n) is 7.77. The Morgan fingerprint density at radius 3 is 2.66 bits per heavy atom. The summed E-state index contributed by atoms with van der Waals surface area (Å²) in [6, 6.07) is 12.2. The number of aromatic nitrogens is 5. The van der Waals surface area contributed by atoms with Crippen molar-refractivity contribution in [3.63, 3.8) is 0 Å². The van der Waals surface area contributed by atoms with Gasteiger partial charge in [0.05, 0.1) is 29.0 Å². The van der Waals surface area contributed by atoms with Gasteiger partial charge in [-0.3, -0.25) is 9.48 Å². The van der Waals surface area contributed by atoms with E-state index in [0.29, 0.717) is 21.6 Å². The molecule has 0 radical (unpaired) electrons. The Bertz CT molecular complexity index is 1520. The minimum Gasteiger partial charge on any atom is -0.318 e. The molecular weight excluding hydrogens is 501 g/mol. The van der Waals surface area contributed by atoms with Gasteiger partial charge in [0.2, 0.25) is 0 Å². The van der Waals surface area contributed by atoms with Crippen molar-refractivity contribution in [1.29, 1.82) is 0 Å². The molecule has 7 nitrogen and oxygen atoms in total. The van der Waals surface area contributed by atoms with Gasteiger partial charge in [-0.25, -0.2) is 9.50 Å². The number of carbonyl (C=O) groups is 1. The van der Waals surface area contributed by atoms with E-state index < -0.39 is 17.8 Å². The lowest BCUT2D eigenvalue weighted by Gasteiger charge is -2.10. The molecule has 1 N–H and O–H groups in total. The maximum Gasteiger partial charge on any atom is 0.433 e. The predicted molar refractivity (Wildman–Crippen MR) is 127 cm³/mol. The summed E-state index contributed by atoms with van der Waals surface area (Å²) in [4.78, 5) is 17.6. The van der Waals surface area contributed by atoms with Crippen molar-refractivity contribution in [3.05, 3.63) is 87.8 Å². The normalized spacial score (nSPS) is 11.8. The van der Waals surface area contributed by atoms with E-state index in [2.05, 4.69) is 20.5 Å². The monoisotopic (exact) mass is 516 g/mol. The standard InChI is InChI=1S/C23H16ClF3N6OS/c1-13-4-6-14(7-5-13)11-32-12-15(10-28-32)29-22(34)20-19(24)21-30-16(17-3-2-8-35-17)9-18(23(25,26)27)33(21)31-20/h2-10,12H,11H2,1H3,(H,29,34). The van der Waals surface area contributed by atoms with E-state index >= 15 is 0 Å². The van der Waals surface area contributed by atoms with Crippen LogP contribution in [0, 0.1) is 6.92 Å². The Hall–Kier alpha value is -3.70. The van der Waals surface area contributed by atoms with Crippen LogP contribution in [-0.2, 0) is 12.7 Å². The molecule has 12 heteroatoms. The fraction of sp³-hybridized carbons (Fsp3) is 0.130. The number of fused-ring (bicyclic) bond motifs is 1. The average Bonchev–Trinajstić information content (AvgIpc) is 3.55. The van der Waals surface area contributed by atoms with Gasteiger partial charge in [-0.2, -0.15) is 23.4 Å². The van der Waals surface area contributed by atoms with Crippen LogP contribution in [0.25, 0.3) is 16.2 Å². The fourth-order valence-corrected chi connectivity index (χ4v) is 4.41. The zero-order valence-electron chi connectivity index (χ0n) is 18.0.